The minimum Gasteiger partial charge on any atom is -0.394 e. The molecule has 7 unspecified atom stereocenters. The van der Waals surface area contributed by atoms with Crippen molar-refractivity contribution >= 4 is 5.91 Å². The molecule has 7 atom stereocenters. The normalized spacial score (nSPS) is 20.0. The first-order chi connectivity index (χ1) is 36.3. The van der Waals surface area contributed by atoms with Crippen LogP contribution in [0.5, 0.6) is 0 Å². The lowest BCUT2D eigenvalue weighted by molar-refractivity contribution is -0.302. The van der Waals surface area contributed by atoms with Crippen molar-refractivity contribution in [1.82, 2.24) is 5.32 Å². The average molecular weight is 1030 g/mol. The summed E-state index contributed by atoms with van der Waals surface area (Å²) in [6.07, 6.45) is 73.7. The number of allylic oxidation sites excluding steroid dienone is 21. The van der Waals surface area contributed by atoms with Crippen LogP contribution in [0.15, 0.2) is 134 Å². The van der Waals surface area contributed by atoms with Crippen molar-refractivity contribution < 1.29 is 39.8 Å². The Morgan fingerprint density at radius 2 is 0.851 bits per heavy atom. The summed E-state index contributed by atoms with van der Waals surface area (Å²) in [4.78, 5) is 13.0. The Kier molecular flexibility index (Phi) is 48.7. The van der Waals surface area contributed by atoms with E-state index in [4.69, 9.17) is 9.47 Å². The molecule has 420 valence electrons. The number of carbonyl (C=O) groups is 1. The summed E-state index contributed by atoms with van der Waals surface area (Å²) >= 11 is 0. The van der Waals surface area contributed by atoms with Crippen LogP contribution < -0.4 is 5.32 Å². The van der Waals surface area contributed by atoms with E-state index in [9.17, 15) is 30.3 Å². The van der Waals surface area contributed by atoms with Crippen molar-refractivity contribution in [1.29, 1.82) is 0 Å². The summed E-state index contributed by atoms with van der Waals surface area (Å²) in [6.45, 7) is 3.61. The Labute approximate surface area is 451 Å². The Balaban J connectivity index is 2.33. The van der Waals surface area contributed by atoms with Gasteiger partial charge in [-0.2, -0.15) is 0 Å². The SMILES string of the molecule is CC/C=C\C/C=C\C/C=C\C/C=C\C/C=C\C/C=C\C/C=C\C/C=C\CCCCC(=O)NC(COC1OC(CO)C(O)C(O)C1O)C(O)/C=C/CC/C=C/CC/C=C/CCCCCCCCCCCCCCCC. The first kappa shape index (κ1) is 68.3. The number of amides is 1. The van der Waals surface area contributed by atoms with E-state index in [2.05, 4.69) is 141 Å². The van der Waals surface area contributed by atoms with Crippen LogP contribution in [0, 0.1) is 0 Å². The van der Waals surface area contributed by atoms with Gasteiger partial charge in [0.15, 0.2) is 6.29 Å². The number of ether oxygens (including phenoxy) is 2. The van der Waals surface area contributed by atoms with Crippen molar-refractivity contribution in [3.05, 3.63) is 134 Å². The van der Waals surface area contributed by atoms with Crippen LogP contribution in [0.1, 0.15) is 213 Å². The number of hydrogen-bond acceptors (Lipinski definition) is 8. The first-order valence-electron chi connectivity index (χ1n) is 29.4. The Morgan fingerprint density at radius 3 is 1.30 bits per heavy atom. The second-order valence-electron chi connectivity index (χ2n) is 19.7. The minimum atomic E-state index is -1.59. The number of nitrogens with one attached hydrogen (secondary N) is 1. The summed E-state index contributed by atoms with van der Waals surface area (Å²) in [5, 5.41) is 54.5. The van der Waals surface area contributed by atoms with E-state index in [1.165, 1.54) is 89.9 Å². The zero-order valence-electron chi connectivity index (χ0n) is 46.5. The lowest BCUT2D eigenvalue weighted by Crippen LogP contribution is -2.60. The molecule has 1 aliphatic rings. The molecule has 74 heavy (non-hydrogen) atoms. The molecular formula is C65H107NO8. The Bertz CT molecular complexity index is 1620. The highest BCUT2D eigenvalue weighted by molar-refractivity contribution is 5.76. The predicted octanol–water partition coefficient (Wildman–Crippen LogP) is 14.9. The lowest BCUT2D eigenvalue weighted by Gasteiger charge is -2.40. The molecule has 0 aliphatic carbocycles. The molecule has 1 rings (SSSR count). The number of aliphatic hydroxyl groups is 5. The molecular weight excluding hydrogens is 923 g/mol. The fourth-order valence-electron chi connectivity index (χ4n) is 8.32. The minimum absolute atomic E-state index is 0.233. The van der Waals surface area contributed by atoms with Gasteiger partial charge in [-0.1, -0.05) is 231 Å². The molecule has 0 bridgehead atoms. The quantitative estimate of drug-likeness (QED) is 0.0261. The number of aliphatic hydroxyl groups excluding tert-OH is 5. The van der Waals surface area contributed by atoms with Crippen molar-refractivity contribution in [2.45, 2.75) is 256 Å². The molecule has 1 aliphatic heterocycles. The third kappa shape index (κ3) is 41.6. The van der Waals surface area contributed by atoms with Crippen molar-refractivity contribution in [3.63, 3.8) is 0 Å². The molecule has 0 saturated carbocycles. The van der Waals surface area contributed by atoms with Gasteiger partial charge in [-0.05, 0) is 109 Å². The van der Waals surface area contributed by atoms with Gasteiger partial charge >= 0.3 is 0 Å². The molecule has 0 radical (unpaired) electrons. The van der Waals surface area contributed by atoms with E-state index in [0.717, 1.165) is 89.9 Å². The molecule has 0 aromatic heterocycles. The predicted molar refractivity (Wildman–Crippen MR) is 313 cm³/mol. The van der Waals surface area contributed by atoms with Crippen LogP contribution in [0.3, 0.4) is 0 Å². The maximum atomic E-state index is 13.0. The number of rotatable bonds is 48. The maximum Gasteiger partial charge on any atom is 0.220 e. The smallest absolute Gasteiger partial charge is 0.220 e. The molecule has 9 nitrogen and oxygen atoms in total. The van der Waals surface area contributed by atoms with E-state index in [0.29, 0.717) is 12.8 Å². The van der Waals surface area contributed by atoms with E-state index in [-0.39, 0.29) is 18.9 Å². The summed E-state index contributed by atoms with van der Waals surface area (Å²) in [7, 11) is 0. The third-order valence-electron chi connectivity index (χ3n) is 12.9. The van der Waals surface area contributed by atoms with E-state index in [1.54, 1.807) is 6.08 Å². The Hall–Kier alpha value is -3.67. The molecule has 9 heteroatoms. The molecule has 0 aromatic carbocycles. The van der Waals surface area contributed by atoms with Crippen LogP contribution in [0.4, 0.5) is 0 Å². The standard InChI is InChI=1S/C65H107NO8/c1-3-5-7-9-11-13-15-17-19-21-23-25-27-29-30-31-33-35-37-39-41-43-45-47-49-51-53-55-61(69)66-58(57-73-65-64(72)63(71)62(70)60(56-67)74-65)59(68)54-52-50-48-46-44-42-40-38-36-34-32-28-26-24-22-20-18-16-14-12-10-8-6-4-2/h5,7,11,13,17,19,23,25,29-30,33,35-36,38-39,41,44-47,52,54,58-60,62-65,67-68,70-72H,3-4,6,8-10,12,14-16,18,20-22,24,26-28,31-32,34,37,40,42-43,48-51,53,55-57H2,1-2H3,(H,66,69)/b7-5-,13-11-,19-17-,25-23-,30-29-,35-33-,38-36+,41-39-,46-44+,47-45-,54-52+. The van der Waals surface area contributed by atoms with E-state index < -0.39 is 49.5 Å². The first-order valence-corrected chi connectivity index (χ1v) is 29.4. The summed E-state index contributed by atoms with van der Waals surface area (Å²) in [5.74, 6) is -0.238. The maximum absolute atomic E-state index is 13.0. The monoisotopic (exact) mass is 1030 g/mol. The molecule has 6 N–H and O–H groups in total. The second-order valence-corrected chi connectivity index (χ2v) is 19.7. The van der Waals surface area contributed by atoms with E-state index >= 15 is 0 Å². The van der Waals surface area contributed by atoms with Crippen molar-refractivity contribution in [3.8, 4) is 0 Å². The van der Waals surface area contributed by atoms with Crippen LogP contribution in [0.25, 0.3) is 0 Å². The van der Waals surface area contributed by atoms with Gasteiger partial charge < -0.3 is 40.3 Å². The number of hydrogen-bond donors (Lipinski definition) is 6. The zero-order chi connectivity index (χ0) is 53.6. The zero-order valence-corrected chi connectivity index (χ0v) is 46.5. The van der Waals surface area contributed by atoms with Gasteiger partial charge in [0.1, 0.15) is 24.4 Å². The number of unbranched alkanes of at least 4 members (excludes halogenated alkanes) is 18. The molecule has 0 aromatic rings. The van der Waals surface area contributed by atoms with Crippen LogP contribution in [-0.4, -0.2) is 87.5 Å². The third-order valence-corrected chi connectivity index (χ3v) is 12.9. The largest absolute Gasteiger partial charge is 0.394 e. The van der Waals surface area contributed by atoms with Gasteiger partial charge in [0.2, 0.25) is 5.91 Å². The fourth-order valence-corrected chi connectivity index (χ4v) is 8.32. The van der Waals surface area contributed by atoms with Gasteiger partial charge in [-0.25, -0.2) is 0 Å². The summed E-state index contributed by atoms with van der Waals surface area (Å²) in [5.41, 5.74) is 0. The van der Waals surface area contributed by atoms with Gasteiger partial charge in [0.05, 0.1) is 25.4 Å². The fraction of sp³-hybridized carbons (Fsp3) is 0.646. The van der Waals surface area contributed by atoms with Crippen LogP contribution in [-0.2, 0) is 14.3 Å². The van der Waals surface area contributed by atoms with Crippen LogP contribution >= 0.6 is 0 Å². The second kappa shape index (κ2) is 52.8. The average Bonchev–Trinajstić information content (AvgIpc) is 3.40. The van der Waals surface area contributed by atoms with Gasteiger partial charge in [-0.3, -0.25) is 4.79 Å². The molecule has 1 fully saturated rings. The van der Waals surface area contributed by atoms with Crippen LogP contribution in [0.2, 0.25) is 0 Å². The van der Waals surface area contributed by atoms with Gasteiger partial charge in [-0.15, -0.1) is 0 Å². The van der Waals surface area contributed by atoms with Crippen molar-refractivity contribution in [2.24, 2.45) is 0 Å². The highest BCUT2D eigenvalue weighted by atomic mass is 16.7. The lowest BCUT2D eigenvalue weighted by atomic mass is 9.99. The summed E-state index contributed by atoms with van der Waals surface area (Å²) in [6, 6.07) is -0.863. The topological polar surface area (TPSA) is 149 Å². The molecule has 1 heterocycles. The Morgan fingerprint density at radius 1 is 0.473 bits per heavy atom. The molecule has 0 spiro atoms. The molecule has 1 amide bonds. The molecule has 1 saturated heterocycles. The highest BCUT2D eigenvalue weighted by Gasteiger charge is 2.44. The highest BCUT2D eigenvalue weighted by Crippen LogP contribution is 2.23. The van der Waals surface area contributed by atoms with Gasteiger partial charge in [0.25, 0.3) is 0 Å². The number of carbonyl (C=O) groups excluding carboxylic acids is 1. The summed E-state index contributed by atoms with van der Waals surface area (Å²) < 4.78 is 11.2. The van der Waals surface area contributed by atoms with E-state index in [1.807, 2.05) is 6.08 Å². The van der Waals surface area contributed by atoms with Gasteiger partial charge in [0, 0.05) is 6.42 Å². The van der Waals surface area contributed by atoms with Crippen molar-refractivity contribution in [2.75, 3.05) is 13.2 Å².